The van der Waals surface area contributed by atoms with Crippen LogP contribution in [0.5, 0.6) is 0 Å². The molecule has 130 valence electrons. The van der Waals surface area contributed by atoms with Crippen LogP contribution in [0.1, 0.15) is 39.2 Å². The Labute approximate surface area is 142 Å². The first-order valence-corrected chi connectivity index (χ1v) is 7.82. The van der Waals surface area contributed by atoms with Crippen LogP contribution in [0.3, 0.4) is 0 Å². The molecule has 24 heavy (non-hydrogen) atoms. The Bertz CT molecular complexity index is 576. The van der Waals surface area contributed by atoms with Gasteiger partial charge in [0.1, 0.15) is 5.60 Å². The van der Waals surface area contributed by atoms with E-state index in [-0.39, 0.29) is 25.3 Å². The van der Waals surface area contributed by atoms with Crippen molar-refractivity contribution in [2.24, 2.45) is 0 Å². The van der Waals surface area contributed by atoms with Crippen molar-refractivity contribution in [3.8, 4) is 6.07 Å². The first-order valence-electron chi connectivity index (χ1n) is 7.82. The van der Waals surface area contributed by atoms with E-state index in [0.717, 1.165) is 5.56 Å². The van der Waals surface area contributed by atoms with Crippen LogP contribution >= 0.6 is 0 Å². The lowest BCUT2D eigenvalue weighted by Crippen LogP contribution is -2.37. The molecular formula is C17H24N4O3. The van der Waals surface area contributed by atoms with Crippen molar-refractivity contribution in [2.75, 3.05) is 13.1 Å². The lowest BCUT2D eigenvalue weighted by atomic mass is 10.2. The fraction of sp³-hybridized carbons (Fsp3) is 0.529. The van der Waals surface area contributed by atoms with Gasteiger partial charge in [0.15, 0.2) is 0 Å². The molecule has 0 aliphatic rings. The standard InChI is InChI=1S/C17H24N4O3/c1-17(2,3)24-16(23)20-10-7-15(22)21(11-5-8-18)13-14-6-4-9-19-12-14/h4,6,9,12H,5,7,10-11,13H2,1-3H3,(H,20,23). The van der Waals surface area contributed by atoms with E-state index >= 15 is 0 Å². The molecule has 1 aromatic heterocycles. The highest BCUT2D eigenvalue weighted by Gasteiger charge is 2.17. The number of pyridine rings is 1. The number of nitrogens with one attached hydrogen (secondary N) is 1. The van der Waals surface area contributed by atoms with Crippen LogP contribution in [-0.2, 0) is 16.1 Å². The molecule has 1 rings (SSSR count). The Morgan fingerprint density at radius 3 is 2.75 bits per heavy atom. The SMILES string of the molecule is CC(C)(C)OC(=O)NCCC(=O)N(CCC#N)Cc1cccnc1. The van der Waals surface area contributed by atoms with E-state index in [4.69, 9.17) is 10.00 Å². The normalized spacial score (nSPS) is 10.6. The summed E-state index contributed by atoms with van der Waals surface area (Å²) in [7, 11) is 0. The minimum Gasteiger partial charge on any atom is -0.444 e. The average Bonchev–Trinajstić information content (AvgIpc) is 2.50. The summed E-state index contributed by atoms with van der Waals surface area (Å²) in [5.74, 6) is -0.134. The van der Waals surface area contributed by atoms with Crippen LogP contribution in [0, 0.1) is 11.3 Å². The van der Waals surface area contributed by atoms with E-state index in [9.17, 15) is 9.59 Å². The maximum Gasteiger partial charge on any atom is 0.407 e. The highest BCUT2D eigenvalue weighted by molar-refractivity contribution is 5.77. The van der Waals surface area contributed by atoms with Crippen molar-refractivity contribution in [3.63, 3.8) is 0 Å². The van der Waals surface area contributed by atoms with E-state index in [1.807, 2.05) is 12.1 Å². The minimum atomic E-state index is -0.576. The van der Waals surface area contributed by atoms with Gasteiger partial charge in [-0.05, 0) is 32.4 Å². The van der Waals surface area contributed by atoms with E-state index in [0.29, 0.717) is 13.1 Å². The van der Waals surface area contributed by atoms with Crippen LogP contribution in [0.25, 0.3) is 0 Å². The van der Waals surface area contributed by atoms with E-state index < -0.39 is 11.7 Å². The number of rotatable bonds is 7. The maximum atomic E-state index is 12.3. The molecule has 0 radical (unpaired) electrons. The van der Waals surface area contributed by atoms with Crippen LogP contribution in [0.15, 0.2) is 24.5 Å². The van der Waals surface area contributed by atoms with Gasteiger partial charge < -0.3 is 15.0 Å². The molecule has 0 bridgehead atoms. The number of hydrogen-bond acceptors (Lipinski definition) is 5. The maximum absolute atomic E-state index is 12.3. The molecule has 0 unspecified atom stereocenters. The van der Waals surface area contributed by atoms with Gasteiger partial charge in [0.2, 0.25) is 5.91 Å². The van der Waals surface area contributed by atoms with Crippen molar-refractivity contribution >= 4 is 12.0 Å². The number of nitriles is 1. The third-order valence-corrected chi connectivity index (χ3v) is 2.95. The molecule has 1 aromatic rings. The molecule has 0 aromatic carbocycles. The summed E-state index contributed by atoms with van der Waals surface area (Å²) in [5.41, 5.74) is 0.316. The Hall–Kier alpha value is -2.62. The topological polar surface area (TPSA) is 95.3 Å². The first kappa shape index (κ1) is 19.4. The van der Waals surface area contributed by atoms with Gasteiger partial charge in [-0.15, -0.1) is 0 Å². The minimum absolute atomic E-state index is 0.134. The Morgan fingerprint density at radius 1 is 1.42 bits per heavy atom. The summed E-state index contributed by atoms with van der Waals surface area (Å²) in [6.07, 6.45) is 3.20. The average molecular weight is 332 g/mol. The summed E-state index contributed by atoms with van der Waals surface area (Å²) in [5, 5.41) is 11.3. The van der Waals surface area contributed by atoms with Crippen LogP contribution in [-0.4, -0.2) is 40.6 Å². The van der Waals surface area contributed by atoms with Crippen molar-refractivity contribution in [1.29, 1.82) is 5.26 Å². The van der Waals surface area contributed by atoms with Crippen LogP contribution < -0.4 is 5.32 Å². The molecule has 0 saturated carbocycles. The fourth-order valence-corrected chi connectivity index (χ4v) is 1.93. The quantitative estimate of drug-likeness (QED) is 0.826. The predicted molar refractivity (Wildman–Crippen MR) is 88.7 cm³/mol. The molecule has 0 spiro atoms. The van der Waals surface area contributed by atoms with Gasteiger partial charge in [-0.25, -0.2) is 4.79 Å². The number of nitrogens with zero attached hydrogens (tertiary/aromatic N) is 3. The molecule has 2 amide bonds. The zero-order valence-corrected chi connectivity index (χ0v) is 14.4. The van der Waals surface area contributed by atoms with Crippen molar-refractivity contribution < 1.29 is 14.3 Å². The summed E-state index contributed by atoms with van der Waals surface area (Å²) in [6.45, 7) is 6.24. The van der Waals surface area contributed by atoms with Gasteiger partial charge in [0.05, 0.1) is 12.5 Å². The zero-order chi connectivity index (χ0) is 18.0. The summed E-state index contributed by atoms with van der Waals surface area (Å²) < 4.78 is 5.11. The van der Waals surface area contributed by atoms with Crippen molar-refractivity contribution in [1.82, 2.24) is 15.2 Å². The van der Waals surface area contributed by atoms with Crippen LogP contribution in [0.2, 0.25) is 0 Å². The second-order valence-corrected chi connectivity index (χ2v) is 6.26. The summed E-state index contributed by atoms with van der Waals surface area (Å²) >= 11 is 0. The monoisotopic (exact) mass is 332 g/mol. The summed E-state index contributed by atoms with van der Waals surface area (Å²) in [6, 6.07) is 5.71. The number of amides is 2. The van der Waals surface area contributed by atoms with E-state index in [2.05, 4.69) is 10.3 Å². The molecular weight excluding hydrogens is 308 g/mol. The molecule has 7 heteroatoms. The molecule has 1 N–H and O–H groups in total. The molecule has 0 fully saturated rings. The molecule has 7 nitrogen and oxygen atoms in total. The first-order chi connectivity index (χ1) is 11.3. The van der Waals surface area contributed by atoms with Crippen LogP contribution in [0.4, 0.5) is 4.79 Å². The molecule has 1 heterocycles. The smallest absolute Gasteiger partial charge is 0.407 e. The van der Waals surface area contributed by atoms with Crippen molar-refractivity contribution in [3.05, 3.63) is 30.1 Å². The molecule has 0 saturated heterocycles. The summed E-state index contributed by atoms with van der Waals surface area (Å²) in [4.78, 5) is 29.5. The van der Waals surface area contributed by atoms with Gasteiger partial charge in [-0.3, -0.25) is 9.78 Å². The zero-order valence-electron chi connectivity index (χ0n) is 14.4. The predicted octanol–water partition coefficient (Wildman–Crippen LogP) is 2.24. The second-order valence-electron chi connectivity index (χ2n) is 6.26. The number of carbonyl (C=O) groups excluding carboxylic acids is 2. The molecule has 0 aliphatic heterocycles. The largest absolute Gasteiger partial charge is 0.444 e. The lowest BCUT2D eigenvalue weighted by molar-refractivity contribution is -0.131. The lowest BCUT2D eigenvalue weighted by Gasteiger charge is -2.22. The van der Waals surface area contributed by atoms with E-state index in [1.54, 1.807) is 44.1 Å². The Kier molecular flexibility index (Phi) is 7.69. The fourth-order valence-electron chi connectivity index (χ4n) is 1.93. The van der Waals surface area contributed by atoms with Gasteiger partial charge >= 0.3 is 6.09 Å². The molecule has 0 aliphatic carbocycles. The number of carbonyl (C=O) groups is 2. The van der Waals surface area contributed by atoms with Crippen molar-refractivity contribution in [2.45, 2.75) is 45.8 Å². The Balaban J connectivity index is 2.50. The third-order valence-electron chi connectivity index (χ3n) is 2.95. The van der Waals surface area contributed by atoms with Gasteiger partial charge in [-0.2, -0.15) is 5.26 Å². The number of alkyl carbamates (subject to hydrolysis) is 1. The highest BCUT2D eigenvalue weighted by atomic mass is 16.6. The molecule has 0 atom stereocenters. The highest BCUT2D eigenvalue weighted by Crippen LogP contribution is 2.07. The third kappa shape index (κ3) is 8.13. The van der Waals surface area contributed by atoms with Gasteiger partial charge in [-0.1, -0.05) is 6.07 Å². The second kappa shape index (κ2) is 9.50. The Morgan fingerprint density at radius 2 is 2.17 bits per heavy atom. The number of aromatic nitrogens is 1. The number of ether oxygens (including phenoxy) is 1. The van der Waals surface area contributed by atoms with Gasteiger partial charge in [0, 0.05) is 38.4 Å². The van der Waals surface area contributed by atoms with E-state index in [1.165, 1.54) is 0 Å². The van der Waals surface area contributed by atoms with Gasteiger partial charge in [0.25, 0.3) is 0 Å². The number of hydrogen-bond donors (Lipinski definition) is 1.